The Hall–Kier alpha value is -3.55. The van der Waals surface area contributed by atoms with Crippen LogP contribution in [0.2, 0.25) is 0 Å². The van der Waals surface area contributed by atoms with Gasteiger partial charge in [0.25, 0.3) is 5.91 Å². The number of rotatable bonds is 8. The zero-order chi connectivity index (χ0) is 19.1. The maximum absolute atomic E-state index is 12.2. The molecule has 0 radical (unpaired) electrons. The predicted octanol–water partition coefficient (Wildman–Crippen LogP) is 2.63. The van der Waals surface area contributed by atoms with E-state index in [1.54, 1.807) is 38.7 Å². The number of hydrogen-bond donors (Lipinski definition) is 2. The minimum atomic E-state index is -0.310. The van der Waals surface area contributed by atoms with Crippen LogP contribution in [0.1, 0.15) is 21.8 Å². The van der Waals surface area contributed by atoms with Crippen LogP contribution in [0.25, 0.3) is 0 Å². The fraction of sp³-hybridized carbons (Fsp3) is 0.211. The predicted molar refractivity (Wildman–Crippen MR) is 98.8 cm³/mol. The second-order valence-corrected chi connectivity index (χ2v) is 5.61. The first kappa shape index (κ1) is 18.2. The van der Waals surface area contributed by atoms with Crippen molar-refractivity contribution in [2.45, 2.75) is 13.1 Å². The summed E-state index contributed by atoms with van der Waals surface area (Å²) < 4.78 is 15.7. The summed E-state index contributed by atoms with van der Waals surface area (Å²) in [6, 6.07) is 12.4. The number of nitrogens with one attached hydrogen (secondary N) is 2. The van der Waals surface area contributed by atoms with Gasteiger partial charge in [-0.1, -0.05) is 6.07 Å². The van der Waals surface area contributed by atoms with Gasteiger partial charge in [-0.25, -0.2) is 0 Å². The molecule has 0 saturated carbocycles. The van der Waals surface area contributed by atoms with Crippen molar-refractivity contribution in [3.8, 4) is 11.5 Å². The Labute approximate surface area is 156 Å². The molecule has 8 nitrogen and oxygen atoms in total. The molecule has 8 heteroatoms. The van der Waals surface area contributed by atoms with E-state index in [9.17, 15) is 4.79 Å². The number of furan rings is 1. The van der Waals surface area contributed by atoms with Crippen LogP contribution in [0, 0.1) is 0 Å². The quantitative estimate of drug-likeness (QED) is 0.630. The highest BCUT2D eigenvalue weighted by Crippen LogP contribution is 2.27. The van der Waals surface area contributed by atoms with E-state index in [0.29, 0.717) is 30.4 Å². The van der Waals surface area contributed by atoms with E-state index in [1.807, 2.05) is 24.3 Å². The highest BCUT2D eigenvalue weighted by molar-refractivity contribution is 5.92. The number of methoxy groups -OCH3 is 2. The van der Waals surface area contributed by atoms with Gasteiger partial charge >= 0.3 is 0 Å². The van der Waals surface area contributed by atoms with Gasteiger partial charge in [0.05, 0.1) is 27.0 Å². The molecule has 2 heterocycles. The highest BCUT2D eigenvalue weighted by Gasteiger charge is 2.10. The molecule has 0 spiro atoms. The third kappa shape index (κ3) is 4.75. The molecule has 0 bridgehead atoms. The third-order valence-electron chi connectivity index (χ3n) is 3.82. The van der Waals surface area contributed by atoms with E-state index < -0.39 is 0 Å². The lowest BCUT2D eigenvalue weighted by Gasteiger charge is -2.10. The molecule has 0 atom stereocenters. The van der Waals surface area contributed by atoms with E-state index in [2.05, 4.69) is 20.8 Å². The summed E-state index contributed by atoms with van der Waals surface area (Å²) >= 11 is 0. The van der Waals surface area contributed by atoms with Crippen LogP contribution < -0.4 is 20.1 Å². The number of carbonyl (C=O) groups is 1. The molecule has 1 amide bonds. The molecule has 0 saturated heterocycles. The smallest absolute Gasteiger partial charge is 0.272 e. The molecule has 140 valence electrons. The lowest BCUT2D eigenvalue weighted by atomic mass is 10.2. The van der Waals surface area contributed by atoms with Crippen molar-refractivity contribution in [1.82, 2.24) is 15.5 Å². The largest absolute Gasteiger partial charge is 0.493 e. The number of hydrogen-bond acceptors (Lipinski definition) is 7. The van der Waals surface area contributed by atoms with Gasteiger partial charge in [-0.05, 0) is 42.0 Å². The number of aromatic nitrogens is 2. The number of nitrogens with zero attached hydrogens (tertiary/aromatic N) is 2. The second kappa shape index (κ2) is 8.70. The van der Waals surface area contributed by atoms with E-state index in [4.69, 9.17) is 13.9 Å². The zero-order valence-corrected chi connectivity index (χ0v) is 15.1. The maximum atomic E-state index is 12.2. The molecule has 0 aliphatic heterocycles. The highest BCUT2D eigenvalue weighted by atomic mass is 16.5. The average molecular weight is 368 g/mol. The Morgan fingerprint density at radius 1 is 1.04 bits per heavy atom. The van der Waals surface area contributed by atoms with Crippen LogP contribution in [0.3, 0.4) is 0 Å². The summed E-state index contributed by atoms with van der Waals surface area (Å²) in [5.74, 6) is 2.28. The molecule has 3 rings (SSSR count). The van der Waals surface area contributed by atoms with E-state index in [0.717, 1.165) is 11.3 Å². The Morgan fingerprint density at radius 3 is 2.56 bits per heavy atom. The molecular formula is C19H20N4O4. The maximum Gasteiger partial charge on any atom is 0.272 e. The molecule has 0 unspecified atom stereocenters. The van der Waals surface area contributed by atoms with Crippen LogP contribution in [0.15, 0.2) is 53.1 Å². The Morgan fingerprint density at radius 2 is 1.89 bits per heavy atom. The number of ether oxygens (including phenoxy) is 2. The van der Waals surface area contributed by atoms with Crippen LogP contribution >= 0.6 is 0 Å². The minimum Gasteiger partial charge on any atom is -0.493 e. The Kier molecular flexibility index (Phi) is 5.88. The van der Waals surface area contributed by atoms with E-state index >= 15 is 0 Å². The van der Waals surface area contributed by atoms with Gasteiger partial charge in [-0.2, -0.15) is 0 Å². The Balaban J connectivity index is 1.54. The normalized spacial score (nSPS) is 10.3. The summed E-state index contributed by atoms with van der Waals surface area (Å²) in [5, 5.41) is 13.8. The SMILES string of the molecule is COc1ccc(CNC(=O)c2ccc(NCc3ccco3)nn2)cc1OC. The van der Waals surface area contributed by atoms with Crippen molar-refractivity contribution in [3.05, 3.63) is 65.7 Å². The topological polar surface area (TPSA) is 98.5 Å². The van der Waals surface area contributed by atoms with Crippen molar-refractivity contribution >= 4 is 11.7 Å². The lowest BCUT2D eigenvalue weighted by molar-refractivity contribution is 0.0945. The van der Waals surface area contributed by atoms with Gasteiger partial charge in [0, 0.05) is 6.54 Å². The van der Waals surface area contributed by atoms with Crippen molar-refractivity contribution in [1.29, 1.82) is 0 Å². The summed E-state index contributed by atoms with van der Waals surface area (Å²) in [6.45, 7) is 0.825. The first-order valence-corrected chi connectivity index (χ1v) is 8.28. The van der Waals surface area contributed by atoms with Crippen LogP contribution in [0.5, 0.6) is 11.5 Å². The molecule has 0 aliphatic rings. The van der Waals surface area contributed by atoms with Gasteiger partial charge < -0.3 is 24.5 Å². The summed E-state index contributed by atoms with van der Waals surface area (Å²) in [6.07, 6.45) is 1.61. The van der Waals surface area contributed by atoms with Crippen molar-refractivity contribution in [2.24, 2.45) is 0 Å². The zero-order valence-electron chi connectivity index (χ0n) is 15.1. The molecular weight excluding hydrogens is 348 g/mol. The monoisotopic (exact) mass is 368 g/mol. The standard InChI is InChI=1S/C19H20N4O4/c1-25-16-7-5-13(10-17(16)26-2)11-21-19(24)15-6-8-18(23-22-15)20-12-14-4-3-9-27-14/h3-10H,11-12H2,1-2H3,(H,20,23)(H,21,24). The first-order valence-electron chi connectivity index (χ1n) is 8.28. The summed E-state index contributed by atoms with van der Waals surface area (Å²) in [5.41, 5.74) is 1.12. The molecule has 27 heavy (non-hydrogen) atoms. The lowest BCUT2D eigenvalue weighted by Crippen LogP contribution is -2.24. The van der Waals surface area contributed by atoms with Gasteiger partial charge in [0.1, 0.15) is 11.6 Å². The van der Waals surface area contributed by atoms with Gasteiger partial charge in [0.15, 0.2) is 17.2 Å². The summed E-state index contributed by atoms with van der Waals surface area (Å²) in [4.78, 5) is 12.2. The number of carbonyl (C=O) groups excluding carboxylic acids is 1. The molecule has 2 aromatic heterocycles. The van der Waals surface area contributed by atoms with Crippen LogP contribution in [0.4, 0.5) is 5.82 Å². The van der Waals surface area contributed by atoms with Crippen LogP contribution in [-0.2, 0) is 13.1 Å². The molecule has 0 fully saturated rings. The number of anilines is 1. The van der Waals surface area contributed by atoms with Crippen molar-refractivity contribution < 1.29 is 18.7 Å². The van der Waals surface area contributed by atoms with E-state index in [1.165, 1.54) is 0 Å². The molecule has 0 aliphatic carbocycles. The van der Waals surface area contributed by atoms with Gasteiger partial charge in [-0.3, -0.25) is 4.79 Å². The van der Waals surface area contributed by atoms with Gasteiger partial charge in [0.2, 0.25) is 0 Å². The van der Waals surface area contributed by atoms with Gasteiger partial charge in [-0.15, -0.1) is 10.2 Å². The number of amides is 1. The minimum absolute atomic E-state index is 0.235. The Bertz CT molecular complexity index is 879. The number of benzene rings is 1. The molecule has 3 aromatic rings. The fourth-order valence-corrected chi connectivity index (χ4v) is 2.40. The summed E-state index contributed by atoms with van der Waals surface area (Å²) in [7, 11) is 3.14. The van der Waals surface area contributed by atoms with Crippen molar-refractivity contribution in [2.75, 3.05) is 19.5 Å². The third-order valence-corrected chi connectivity index (χ3v) is 3.82. The van der Waals surface area contributed by atoms with Crippen molar-refractivity contribution in [3.63, 3.8) is 0 Å². The second-order valence-electron chi connectivity index (χ2n) is 5.61. The van der Waals surface area contributed by atoms with E-state index in [-0.39, 0.29) is 11.6 Å². The first-order chi connectivity index (χ1) is 13.2. The fourth-order valence-electron chi connectivity index (χ4n) is 2.40. The molecule has 2 N–H and O–H groups in total. The molecule has 1 aromatic carbocycles. The average Bonchev–Trinajstić information content (AvgIpc) is 3.24. The van der Waals surface area contributed by atoms with Crippen LogP contribution in [-0.4, -0.2) is 30.3 Å².